The summed E-state index contributed by atoms with van der Waals surface area (Å²) < 4.78 is 33.0. The highest BCUT2D eigenvalue weighted by atomic mass is 35.5. The maximum Gasteiger partial charge on any atom is 0.310 e. The lowest BCUT2D eigenvalue weighted by Gasteiger charge is -2.34. The number of sulfonamides is 1. The van der Waals surface area contributed by atoms with Crippen molar-refractivity contribution in [2.24, 2.45) is 11.8 Å². The molecule has 0 amide bonds. The second-order valence-electron chi connectivity index (χ2n) is 6.19. The fraction of sp³-hybridized carbons (Fsp3) is 0.929. The van der Waals surface area contributed by atoms with Crippen molar-refractivity contribution >= 4 is 28.4 Å². The van der Waals surface area contributed by atoms with Gasteiger partial charge in [0.2, 0.25) is 10.0 Å². The Labute approximate surface area is 139 Å². The summed E-state index contributed by atoms with van der Waals surface area (Å²) in [5.74, 6) is -0.630. The summed E-state index contributed by atoms with van der Waals surface area (Å²) in [6.45, 7) is 3.64. The lowest BCUT2D eigenvalue weighted by Crippen LogP contribution is -2.54. The molecular weight excluding hydrogens is 328 g/mol. The molecule has 1 aliphatic carbocycles. The molecule has 2 aliphatic rings. The van der Waals surface area contributed by atoms with Crippen LogP contribution in [0.5, 0.6) is 0 Å². The molecule has 6 nitrogen and oxygen atoms in total. The van der Waals surface area contributed by atoms with Crippen LogP contribution in [0, 0.1) is 11.8 Å². The van der Waals surface area contributed by atoms with Crippen LogP contribution in [0.1, 0.15) is 39.0 Å². The number of ether oxygens (including phenoxy) is 1. The largest absolute Gasteiger partial charge is 0.469 e. The van der Waals surface area contributed by atoms with Crippen molar-refractivity contribution in [1.82, 2.24) is 10.0 Å². The summed E-state index contributed by atoms with van der Waals surface area (Å²) in [6, 6.07) is -0.0935. The molecule has 8 heteroatoms. The van der Waals surface area contributed by atoms with E-state index in [0.29, 0.717) is 25.3 Å². The fourth-order valence-corrected chi connectivity index (χ4v) is 5.40. The second kappa shape index (κ2) is 8.47. The number of carbonyl (C=O) groups is 1. The van der Waals surface area contributed by atoms with E-state index in [1.54, 1.807) is 0 Å². The molecule has 1 aliphatic heterocycles. The number of carbonyl (C=O) groups excluding carboxylic acids is 1. The van der Waals surface area contributed by atoms with E-state index in [1.165, 1.54) is 7.11 Å². The van der Waals surface area contributed by atoms with Crippen molar-refractivity contribution in [2.45, 2.75) is 50.3 Å². The van der Waals surface area contributed by atoms with Crippen LogP contribution in [0.4, 0.5) is 0 Å². The zero-order valence-electron chi connectivity index (χ0n) is 13.2. The Bertz CT molecular complexity index is 471. The fourth-order valence-electron chi connectivity index (χ4n) is 3.34. The monoisotopic (exact) mass is 354 g/mol. The summed E-state index contributed by atoms with van der Waals surface area (Å²) >= 11 is 0. The molecule has 130 valence electrons. The summed E-state index contributed by atoms with van der Waals surface area (Å²) in [5, 5.41) is 2.56. The van der Waals surface area contributed by atoms with E-state index in [2.05, 4.69) is 17.0 Å². The van der Waals surface area contributed by atoms with Gasteiger partial charge in [0.25, 0.3) is 0 Å². The number of hydrogen-bond donors (Lipinski definition) is 2. The molecule has 1 heterocycles. The van der Waals surface area contributed by atoms with Gasteiger partial charge in [-0.1, -0.05) is 19.8 Å². The Hall–Kier alpha value is -0.370. The summed E-state index contributed by atoms with van der Waals surface area (Å²) in [7, 11) is -2.19. The highest BCUT2D eigenvalue weighted by molar-refractivity contribution is 7.90. The van der Waals surface area contributed by atoms with Crippen LogP contribution in [0.3, 0.4) is 0 Å². The first kappa shape index (κ1) is 19.7. The number of methoxy groups -OCH3 is 1. The molecule has 0 spiro atoms. The van der Waals surface area contributed by atoms with Gasteiger partial charge in [-0.05, 0) is 31.7 Å². The second-order valence-corrected chi connectivity index (χ2v) is 8.12. The molecule has 22 heavy (non-hydrogen) atoms. The quantitative estimate of drug-likeness (QED) is 0.737. The maximum absolute atomic E-state index is 12.7. The van der Waals surface area contributed by atoms with Crippen molar-refractivity contribution in [3.8, 4) is 0 Å². The molecule has 4 unspecified atom stereocenters. The van der Waals surface area contributed by atoms with Crippen LogP contribution in [0.2, 0.25) is 0 Å². The molecule has 1 saturated carbocycles. The van der Waals surface area contributed by atoms with E-state index in [4.69, 9.17) is 4.74 Å². The maximum atomic E-state index is 12.7. The Morgan fingerprint density at radius 2 is 1.91 bits per heavy atom. The predicted molar refractivity (Wildman–Crippen MR) is 87.5 cm³/mol. The standard InChI is InChI=1S/C14H26N2O4S.ClH/c1-10-7-8-15-9-12(10)16-21(18,19)13-6-4-3-5-11(13)14(17)20-2;/h10-13,15-16H,3-9H2,1-2H3;1H. The highest BCUT2D eigenvalue weighted by Crippen LogP contribution is 2.30. The van der Waals surface area contributed by atoms with Crippen molar-refractivity contribution in [1.29, 1.82) is 0 Å². The van der Waals surface area contributed by atoms with Gasteiger partial charge >= 0.3 is 5.97 Å². The number of esters is 1. The summed E-state index contributed by atoms with van der Waals surface area (Å²) in [6.07, 6.45) is 3.81. The Morgan fingerprint density at radius 1 is 1.23 bits per heavy atom. The van der Waals surface area contributed by atoms with E-state index in [-0.39, 0.29) is 18.4 Å². The first-order valence-electron chi connectivity index (χ1n) is 7.75. The Balaban J connectivity index is 0.00000242. The van der Waals surface area contributed by atoms with Crippen LogP contribution in [0.25, 0.3) is 0 Å². The third-order valence-electron chi connectivity index (χ3n) is 4.75. The van der Waals surface area contributed by atoms with Gasteiger partial charge in [0.1, 0.15) is 0 Å². The first-order valence-corrected chi connectivity index (χ1v) is 9.30. The van der Waals surface area contributed by atoms with E-state index in [0.717, 1.165) is 25.8 Å². The van der Waals surface area contributed by atoms with Gasteiger partial charge in [-0.2, -0.15) is 0 Å². The molecule has 2 N–H and O–H groups in total. The smallest absolute Gasteiger partial charge is 0.310 e. The molecule has 0 aromatic heterocycles. The van der Waals surface area contributed by atoms with E-state index in [1.807, 2.05) is 0 Å². The Morgan fingerprint density at radius 3 is 2.55 bits per heavy atom. The summed E-state index contributed by atoms with van der Waals surface area (Å²) in [4.78, 5) is 11.9. The van der Waals surface area contributed by atoms with Crippen LogP contribution >= 0.6 is 12.4 Å². The number of rotatable bonds is 4. The average molecular weight is 355 g/mol. The highest BCUT2D eigenvalue weighted by Gasteiger charge is 2.41. The van der Waals surface area contributed by atoms with Gasteiger partial charge in [-0.3, -0.25) is 4.79 Å². The number of hydrogen-bond acceptors (Lipinski definition) is 5. The van der Waals surface area contributed by atoms with Gasteiger partial charge in [0.15, 0.2) is 0 Å². The van der Waals surface area contributed by atoms with E-state index in [9.17, 15) is 13.2 Å². The predicted octanol–water partition coefficient (Wildman–Crippen LogP) is 1.06. The number of nitrogens with one attached hydrogen (secondary N) is 2. The van der Waals surface area contributed by atoms with Crippen LogP contribution in [-0.4, -0.2) is 45.9 Å². The SMILES string of the molecule is COC(=O)C1CCCCC1S(=O)(=O)NC1CNCCC1C.Cl. The third-order valence-corrected chi connectivity index (χ3v) is 6.74. The molecule has 0 bridgehead atoms. The topological polar surface area (TPSA) is 84.5 Å². The lowest BCUT2D eigenvalue weighted by atomic mass is 9.89. The summed E-state index contributed by atoms with van der Waals surface area (Å²) in [5.41, 5.74) is 0. The first-order chi connectivity index (χ1) is 9.95. The Kier molecular flexibility index (Phi) is 7.58. The molecule has 0 aromatic carbocycles. The minimum atomic E-state index is -3.51. The van der Waals surface area contributed by atoms with Crippen LogP contribution < -0.4 is 10.0 Å². The molecule has 0 aromatic rings. The minimum absolute atomic E-state index is 0. The number of piperidine rings is 1. The minimum Gasteiger partial charge on any atom is -0.469 e. The van der Waals surface area contributed by atoms with Crippen molar-refractivity contribution in [2.75, 3.05) is 20.2 Å². The third kappa shape index (κ3) is 4.57. The van der Waals surface area contributed by atoms with E-state index < -0.39 is 27.2 Å². The molecule has 0 radical (unpaired) electrons. The van der Waals surface area contributed by atoms with Gasteiger partial charge in [-0.15, -0.1) is 12.4 Å². The lowest BCUT2D eigenvalue weighted by molar-refractivity contribution is -0.146. The van der Waals surface area contributed by atoms with Gasteiger partial charge in [0.05, 0.1) is 18.3 Å². The average Bonchev–Trinajstić information content (AvgIpc) is 2.48. The van der Waals surface area contributed by atoms with Crippen molar-refractivity contribution in [3.05, 3.63) is 0 Å². The number of halogens is 1. The normalized spacial score (nSPS) is 32.8. The zero-order chi connectivity index (χ0) is 15.5. The van der Waals surface area contributed by atoms with Gasteiger partial charge in [-0.25, -0.2) is 13.1 Å². The van der Waals surface area contributed by atoms with Gasteiger partial charge in [0, 0.05) is 12.6 Å². The van der Waals surface area contributed by atoms with Crippen molar-refractivity contribution in [3.63, 3.8) is 0 Å². The molecular formula is C14H27ClN2O4S. The molecule has 2 rings (SSSR count). The van der Waals surface area contributed by atoms with Crippen molar-refractivity contribution < 1.29 is 17.9 Å². The zero-order valence-corrected chi connectivity index (χ0v) is 14.8. The molecule has 1 saturated heterocycles. The molecule has 4 atom stereocenters. The van der Waals surface area contributed by atoms with Gasteiger partial charge < -0.3 is 10.1 Å². The van der Waals surface area contributed by atoms with E-state index >= 15 is 0 Å². The molecule has 2 fully saturated rings. The van der Waals surface area contributed by atoms with Crippen LogP contribution in [0.15, 0.2) is 0 Å². The van der Waals surface area contributed by atoms with Crippen LogP contribution in [-0.2, 0) is 19.6 Å².